The number of carboxylic acid groups (broad SMARTS) is 1. The number of ether oxygens (including phenoxy) is 2. The molecule has 2 heterocycles. The van der Waals surface area contributed by atoms with Crippen LogP contribution in [-0.2, 0) is 24.4 Å². The maximum absolute atomic E-state index is 14.1. The van der Waals surface area contributed by atoms with Crippen LogP contribution in [0.15, 0.2) is 67.0 Å². The highest BCUT2D eigenvalue weighted by Crippen LogP contribution is 2.47. The van der Waals surface area contributed by atoms with Crippen molar-refractivity contribution in [2.75, 3.05) is 6.61 Å². The van der Waals surface area contributed by atoms with Crippen LogP contribution >= 0.6 is 0 Å². The normalized spacial score (nSPS) is 17.9. The van der Waals surface area contributed by atoms with E-state index in [9.17, 15) is 18.0 Å². The number of hydrogen-bond acceptors (Lipinski definition) is 4. The predicted molar refractivity (Wildman–Crippen MR) is 138 cm³/mol. The lowest BCUT2D eigenvalue weighted by molar-refractivity contribution is -0.138. The quantitative estimate of drug-likeness (QED) is 0.295. The monoisotopic (exact) mass is 534 g/mol. The van der Waals surface area contributed by atoms with Crippen LogP contribution in [0.25, 0.3) is 22.3 Å². The molecule has 1 aromatic heterocycles. The van der Waals surface area contributed by atoms with Gasteiger partial charge in [0.25, 0.3) is 0 Å². The van der Waals surface area contributed by atoms with Gasteiger partial charge in [0.1, 0.15) is 17.6 Å². The summed E-state index contributed by atoms with van der Waals surface area (Å²) < 4.78 is 56.0. The van der Waals surface area contributed by atoms with Crippen LogP contribution in [0.1, 0.15) is 47.1 Å². The zero-order chi connectivity index (χ0) is 27.3. The minimum Gasteiger partial charge on any atom is -0.492 e. The molecule has 1 aliphatic carbocycles. The van der Waals surface area contributed by atoms with E-state index in [1.54, 1.807) is 35.1 Å². The summed E-state index contributed by atoms with van der Waals surface area (Å²) in [6.45, 7) is 0.292. The molecular weight excluding hydrogens is 509 g/mol. The van der Waals surface area contributed by atoms with Crippen LogP contribution in [0, 0.1) is 0 Å². The first-order valence-electron chi connectivity index (χ1n) is 12.6. The molecule has 2 atom stereocenters. The smallest absolute Gasteiger partial charge is 0.417 e. The number of hydrogen-bond donors (Lipinski definition) is 1. The van der Waals surface area contributed by atoms with Crippen LogP contribution in [0.4, 0.5) is 13.2 Å². The number of benzene rings is 3. The average molecular weight is 535 g/mol. The number of carbonyl (C=O) groups is 1. The summed E-state index contributed by atoms with van der Waals surface area (Å²) in [6, 6.07) is 15.1. The first-order chi connectivity index (χ1) is 18.7. The zero-order valence-electron chi connectivity index (χ0n) is 21.0. The van der Waals surface area contributed by atoms with Crippen molar-refractivity contribution in [2.24, 2.45) is 7.05 Å². The standard InChI is InChI=1S/C30H25F3N2O4/c1-35-15-20(14-34-35)17-2-4-18(5-3-17)29-24-9-11-26(23(24)8-10-25(29)30(31,32)33)39-21-6-7-22-19(12-28(36)37)16-38-27(22)13-21/h2-8,10,13-15,19,26H,9,11-12,16H2,1H3,(H,36,37)/t19-,26-/m1/s1. The van der Waals surface area contributed by atoms with Crippen molar-refractivity contribution in [3.63, 3.8) is 0 Å². The van der Waals surface area contributed by atoms with Crippen molar-refractivity contribution in [1.82, 2.24) is 9.78 Å². The number of halogens is 3. The van der Waals surface area contributed by atoms with E-state index in [0.29, 0.717) is 42.1 Å². The fourth-order valence-electron chi connectivity index (χ4n) is 5.63. The number of aliphatic carboxylic acids is 1. The highest BCUT2D eigenvalue weighted by Gasteiger charge is 2.38. The van der Waals surface area contributed by atoms with E-state index < -0.39 is 23.8 Å². The lowest BCUT2D eigenvalue weighted by Crippen LogP contribution is -2.10. The zero-order valence-corrected chi connectivity index (χ0v) is 21.0. The fraction of sp³-hybridized carbons (Fsp3) is 0.267. The molecule has 1 aliphatic heterocycles. The third kappa shape index (κ3) is 4.73. The van der Waals surface area contributed by atoms with Gasteiger partial charge < -0.3 is 14.6 Å². The number of alkyl halides is 3. The summed E-state index contributed by atoms with van der Waals surface area (Å²) in [5, 5.41) is 13.3. The Morgan fingerprint density at radius 2 is 1.82 bits per heavy atom. The molecule has 3 aromatic carbocycles. The minimum absolute atomic E-state index is 0.0171. The summed E-state index contributed by atoms with van der Waals surface area (Å²) in [4.78, 5) is 11.1. The highest BCUT2D eigenvalue weighted by atomic mass is 19.4. The summed E-state index contributed by atoms with van der Waals surface area (Å²) in [5.74, 6) is 0.00959. The van der Waals surface area contributed by atoms with E-state index in [0.717, 1.165) is 28.3 Å². The number of aryl methyl sites for hydroxylation is 1. The molecule has 6 nitrogen and oxygen atoms in total. The van der Waals surface area contributed by atoms with E-state index >= 15 is 0 Å². The van der Waals surface area contributed by atoms with Gasteiger partial charge >= 0.3 is 12.1 Å². The third-order valence-electron chi connectivity index (χ3n) is 7.43. The van der Waals surface area contributed by atoms with Gasteiger partial charge in [0.15, 0.2) is 0 Å². The summed E-state index contributed by atoms with van der Waals surface area (Å²) >= 11 is 0. The Balaban J connectivity index is 1.32. The first-order valence-corrected chi connectivity index (χ1v) is 12.6. The van der Waals surface area contributed by atoms with Crippen LogP contribution in [0.2, 0.25) is 0 Å². The Morgan fingerprint density at radius 1 is 1.08 bits per heavy atom. The summed E-state index contributed by atoms with van der Waals surface area (Å²) in [7, 11) is 1.81. The van der Waals surface area contributed by atoms with Gasteiger partial charge in [-0.1, -0.05) is 36.4 Å². The van der Waals surface area contributed by atoms with Gasteiger partial charge in [0.2, 0.25) is 0 Å². The molecule has 0 fully saturated rings. The van der Waals surface area contributed by atoms with E-state index in [1.165, 1.54) is 6.07 Å². The number of carboxylic acids is 1. The average Bonchev–Trinajstić information content (AvgIpc) is 3.62. The van der Waals surface area contributed by atoms with Crippen molar-refractivity contribution in [3.8, 4) is 33.8 Å². The van der Waals surface area contributed by atoms with Gasteiger partial charge in [-0.05, 0) is 52.8 Å². The van der Waals surface area contributed by atoms with Gasteiger partial charge in [0.05, 0.1) is 24.8 Å². The second kappa shape index (κ2) is 9.48. The van der Waals surface area contributed by atoms with Crippen LogP contribution in [0.3, 0.4) is 0 Å². The van der Waals surface area contributed by atoms with Gasteiger partial charge in [-0.3, -0.25) is 9.48 Å². The first kappa shape index (κ1) is 25.0. The molecule has 39 heavy (non-hydrogen) atoms. The molecule has 2 aliphatic rings. The second-order valence-corrected chi connectivity index (χ2v) is 9.98. The van der Waals surface area contributed by atoms with Crippen molar-refractivity contribution in [2.45, 2.75) is 37.5 Å². The third-order valence-corrected chi connectivity index (χ3v) is 7.43. The largest absolute Gasteiger partial charge is 0.492 e. The molecule has 0 saturated heterocycles. The van der Waals surface area contributed by atoms with Crippen molar-refractivity contribution >= 4 is 5.97 Å². The van der Waals surface area contributed by atoms with Crippen LogP contribution < -0.4 is 9.47 Å². The molecule has 6 rings (SSSR count). The lowest BCUT2D eigenvalue weighted by atomic mass is 9.90. The summed E-state index contributed by atoms with van der Waals surface area (Å²) in [6.07, 6.45) is -0.373. The fourth-order valence-corrected chi connectivity index (χ4v) is 5.63. The highest BCUT2D eigenvalue weighted by molar-refractivity contribution is 5.76. The molecule has 9 heteroatoms. The maximum atomic E-state index is 14.1. The predicted octanol–water partition coefficient (Wildman–Crippen LogP) is 6.79. The van der Waals surface area contributed by atoms with Gasteiger partial charge in [-0.2, -0.15) is 18.3 Å². The molecule has 0 amide bonds. The Kier molecular flexibility index (Phi) is 6.09. The molecule has 1 N–H and O–H groups in total. The van der Waals surface area contributed by atoms with Crippen molar-refractivity contribution in [3.05, 3.63) is 89.2 Å². The Morgan fingerprint density at radius 3 is 2.51 bits per heavy atom. The molecule has 0 saturated carbocycles. The van der Waals surface area contributed by atoms with Crippen molar-refractivity contribution < 1.29 is 32.5 Å². The molecular formula is C30H25F3N2O4. The maximum Gasteiger partial charge on any atom is 0.417 e. The van der Waals surface area contributed by atoms with Gasteiger partial charge in [-0.25, -0.2) is 0 Å². The van der Waals surface area contributed by atoms with Gasteiger partial charge in [0, 0.05) is 36.4 Å². The molecule has 0 spiro atoms. The Labute approximate surface area is 222 Å². The number of rotatable bonds is 6. The Bertz CT molecular complexity index is 1560. The molecule has 200 valence electrons. The number of fused-ring (bicyclic) bond motifs is 2. The van der Waals surface area contributed by atoms with E-state index in [1.807, 2.05) is 31.4 Å². The van der Waals surface area contributed by atoms with E-state index in [2.05, 4.69) is 5.10 Å². The molecule has 0 unspecified atom stereocenters. The van der Waals surface area contributed by atoms with E-state index in [4.69, 9.17) is 14.6 Å². The topological polar surface area (TPSA) is 73.6 Å². The van der Waals surface area contributed by atoms with Crippen LogP contribution in [0.5, 0.6) is 11.5 Å². The number of nitrogens with zero attached hydrogens (tertiary/aromatic N) is 2. The minimum atomic E-state index is -4.50. The second-order valence-electron chi connectivity index (χ2n) is 9.98. The van der Waals surface area contributed by atoms with Gasteiger partial charge in [-0.15, -0.1) is 0 Å². The summed E-state index contributed by atoms with van der Waals surface area (Å²) in [5.41, 5.74) is 4.00. The SMILES string of the molecule is Cn1cc(-c2ccc(-c3c(C(F)(F)F)ccc4c3CC[C@H]4Oc3ccc4c(c3)OC[C@H]4CC(=O)O)cc2)cn1. The van der Waals surface area contributed by atoms with E-state index in [-0.39, 0.29) is 17.9 Å². The molecule has 0 radical (unpaired) electrons. The molecule has 4 aromatic rings. The van der Waals surface area contributed by atoms with Crippen LogP contribution in [-0.4, -0.2) is 27.5 Å². The lowest BCUT2D eigenvalue weighted by Gasteiger charge is -2.20. The molecule has 0 bridgehead atoms. The number of aromatic nitrogens is 2. The van der Waals surface area contributed by atoms with Crippen molar-refractivity contribution in [1.29, 1.82) is 0 Å². The Hall–Kier alpha value is -4.27.